The van der Waals surface area contributed by atoms with Crippen LogP contribution >= 0.6 is 46.4 Å². The molecule has 4 nitrogen and oxygen atoms in total. The van der Waals surface area contributed by atoms with Crippen LogP contribution in [0.4, 0.5) is 0 Å². The van der Waals surface area contributed by atoms with Crippen molar-refractivity contribution in [1.82, 2.24) is 0 Å². The molecule has 0 saturated heterocycles. The number of hydrogen-bond donors (Lipinski definition) is 1. The molecule has 0 amide bonds. The normalized spacial score (nSPS) is 12.7. The molecule has 1 aromatic rings. The van der Waals surface area contributed by atoms with Gasteiger partial charge in [-0.25, -0.2) is 0 Å². The van der Waals surface area contributed by atoms with Gasteiger partial charge in [0, 0.05) is 17.0 Å². The first-order valence-electron chi connectivity index (χ1n) is 5.59. The van der Waals surface area contributed by atoms with E-state index in [9.17, 15) is 19.5 Å². The number of carbonyl (C=O) groups is 3. The lowest BCUT2D eigenvalue weighted by Gasteiger charge is -2.09. The third-order valence-corrected chi connectivity index (χ3v) is 3.63. The van der Waals surface area contributed by atoms with Crippen LogP contribution in [0.15, 0.2) is 24.3 Å². The van der Waals surface area contributed by atoms with Gasteiger partial charge in [-0.1, -0.05) is 24.3 Å². The van der Waals surface area contributed by atoms with Crippen molar-refractivity contribution in [3.8, 4) is 0 Å². The predicted octanol–water partition coefficient (Wildman–Crippen LogP) is 3.29. The van der Waals surface area contributed by atoms with Crippen LogP contribution in [0.5, 0.6) is 0 Å². The molecule has 116 valence electrons. The largest absolute Gasteiger partial charge is 0.379 e. The van der Waals surface area contributed by atoms with Crippen molar-refractivity contribution in [1.29, 1.82) is 0 Å². The molecule has 21 heavy (non-hydrogen) atoms. The molecule has 1 rings (SSSR count). The minimum atomic E-state index is -1.43. The second kappa shape index (κ2) is 10.1. The van der Waals surface area contributed by atoms with Gasteiger partial charge in [-0.2, -0.15) is 0 Å². The topological polar surface area (TPSA) is 71.4 Å². The van der Waals surface area contributed by atoms with Gasteiger partial charge in [-0.3, -0.25) is 14.4 Å². The Bertz CT molecular complexity index is 519. The molecule has 0 aromatic heterocycles. The Morgan fingerprint density at radius 1 is 1.14 bits per heavy atom. The molecule has 0 spiro atoms. The Hall–Kier alpha value is -0.650. The first-order valence-corrected chi connectivity index (χ1v) is 7.31. The van der Waals surface area contributed by atoms with Gasteiger partial charge in [0.25, 0.3) is 5.24 Å². The number of ketones is 1. The number of halogens is 4. The van der Waals surface area contributed by atoms with Crippen LogP contribution in [0.25, 0.3) is 0 Å². The van der Waals surface area contributed by atoms with Crippen molar-refractivity contribution < 1.29 is 19.5 Å². The summed E-state index contributed by atoms with van der Waals surface area (Å²) in [6.45, 7) is 1.37. The van der Waals surface area contributed by atoms with Crippen LogP contribution in [-0.4, -0.2) is 32.6 Å². The second-order valence-corrected chi connectivity index (χ2v) is 5.36. The molecule has 0 aliphatic heterocycles. The Morgan fingerprint density at radius 2 is 1.67 bits per heavy atom. The number of Topliss-reactive ketones (excluding diaryl/α,β-unsaturated/α-hetero) is 1. The van der Waals surface area contributed by atoms with Gasteiger partial charge < -0.3 is 5.11 Å². The van der Waals surface area contributed by atoms with E-state index in [2.05, 4.69) is 0 Å². The van der Waals surface area contributed by atoms with E-state index >= 15 is 0 Å². The molecule has 1 N–H and O–H groups in total. The highest BCUT2D eigenvalue weighted by Crippen LogP contribution is 2.20. The maximum Gasteiger partial charge on any atom is 0.254 e. The highest BCUT2D eigenvalue weighted by Gasteiger charge is 2.19. The minimum absolute atomic E-state index is 0.0733. The summed E-state index contributed by atoms with van der Waals surface area (Å²) in [6, 6.07) is 6.33. The summed E-state index contributed by atoms with van der Waals surface area (Å²) in [5.41, 5.74) is 0.564. The van der Waals surface area contributed by atoms with E-state index in [-0.39, 0.29) is 17.2 Å². The van der Waals surface area contributed by atoms with Crippen LogP contribution in [-0.2, 0) is 9.59 Å². The summed E-state index contributed by atoms with van der Waals surface area (Å²) in [7, 11) is 0. The van der Waals surface area contributed by atoms with Gasteiger partial charge in [0.2, 0.25) is 5.24 Å². The SMILES string of the molecule is CC(=O)c1ccccc1C(O)C(=O)Cl.O=C(Cl)C(Cl)CCl. The first kappa shape index (κ1) is 20.3. The van der Waals surface area contributed by atoms with Crippen LogP contribution in [0.2, 0.25) is 0 Å². The lowest BCUT2D eigenvalue weighted by Crippen LogP contribution is -2.10. The van der Waals surface area contributed by atoms with E-state index in [4.69, 9.17) is 46.4 Å². The zero-order chi connectivity index (χ0) is 16.6. The average molecular weight is 374 g/mol. The van der Waals surface area contributed by atoms with Crippen molar-refractivity contribution >= 4 is 62.7 Å². The minimum Gasteiger partial charge on any atom is -0.379 e. The predicted molar refractivity (Wildman–Crippen MR) is 83.5 cm³/mol. The maximum absolute atomic E-state index is 11.1. The van der Waals surface area contributed by atoms with E-state index in [0.717, 1.165) is 0 Å². The molecule has 0 heterocycles. The van der Waals surface area contributed by atoms with Crippen molar-refractivity contribution in [2.45, 2.75) is 18.4 Å². The highest BCUT2D eigenvalue weighted by molar-refractivity contribution is 6.69. The van der Waals surface area contributed by atoms with Crippen molar-refractivity contribution in [3.63, 3.8) is 0 Å². The van der Waals surface area contributed by atoms with Gasteiger partial charge in [0.05, 0.1) is 0 Å². The number of rotatable bonds is 5. The Labute approximate surface area is 141 Å². The smallest absolute Gasteiger partial charge is 0.254 e. The fourth-order valence-electron chi connectivity index (χ4n) is 1.24. The monoisotopic (exact) mass is 372 g/mol. The van der Waals surface area contributed by atoms with Gasteiger partial charge in [-0.05, 0) is 30.1 Å². The summed E-state index contributed by atoms with van der Waals surface area (Å²) in [4.78, 5) is 31.8. The molecular formula is C13H12Cl4O4. The zero-order valence-electron chi connectivity index (χ0n) is 10.9. The molecule has 0 aliphatic rings. The van der Waals surface area contributed by atoms with E-state index in [1.54, 1.807) is 18.2 Å². The lowest BCUT2D eigenvalue weighted by atomic mass is 10.0. The molecule has 8 heteroatoms. The van der Waals surface area contributed by atoms with Gasteiger partial charge in [0.15, 0.2) is 11.9 Å². The Morgan fingerprint density at radius 3 is 2.00 bits per heavy atom. The van der Waals surface area contributed by atoms with Crippen molar-refractivity contribution in [2.75, 3.05) is 5.88 Å². The molecule has 2 atom stereocenters. The molecule has 2 unspecified atom stereocenters. The van der Waals surface area contributed by atoms with E-state index in [1.165, 1.54) is 13.0 Å². The number of alkyl halides is 2. The van der Waals surface area contributed by atoms with E-state index in [1.807, 2.05) is 0 Å². The first-order chi connectivity index (χ1) is 9.72. The van der Waals surface area contributed by atoms with Crippen LogP contribution in [0.1, 0.15) is 28.9 Å². The van der Waals surface area contributed by atoms with Crippen molar-refractivity contribution in [2.24, 2.45) is 0 Å². The van der Waals surface area contributed by atoms with Gasteiger partial charge in [-0.15, -0.1) is 23.2 Å². The molecule has 1 aromatic carbocycles. The molecule has 0 aliphatic carbocycles. The number of benzene rings is 1. The van der Waals surface area contributed by atoms with Gasteiger partial charge >= 0.3 is 0 Å². The van der Waals surface area contributed by atoms with Crippen molar-refractivity contribution in [3.05, 3.63) is 35.4 Å². The Balaban J connectivity index is 0.000000486. The third kappa shape index (κ3) is 7.25. The molecule has 0 radical (unpaired) electrons. The number of aliphatic hydroxyl groups excluding tert-OH is 1. The van der Waals surface area contributed by atoms with E-state index in [0.29, 0.717) is 5.56 Å². The third-order valence-electron chi connectivity index (χ3n) is 2.23. The average Bonchev–Trinajstić information content (AvgIpc) is 2.45. The quantitative estimate of drug-likeness (QED) is 0.488. The highest BCUT2D eigenvalue weighted by atomic mass is 35.5. The fourth-order valence-corrected chi connectivity index (χ4v) is 1.65. The lowest BCUT2D eigenvalue weighted by molar-refractivity contribution is -0.119. The fraction of sp³-hybridized carbons (Fsp3) is 0.308. The van der Waals surface area contributed by atoms with Crippen LogP contribution in [0.3, 0.4) is 0 Å². The Kier molecular flexibility index (Phi) is 9.83. The summed E-state index contributed by atoms with van der Waals surface area (Å²) >= 11 is 20.3. The summed E-state index contributed by atoms with van der Waals surface area (Å²) < 4.78 is 0. The maximum atomic E-state index is 11.1. The molecular weight excluding hydrogens is 362 g/mol. The zero-order valence-corrected chi connectivity index (χ0v) is 13.9. The summed E-state index contributed by atoms with van der Waals surface area (Å²) in [6.07, 6.45) is -1.43. The molecule has 0 saturated carbocycles. The molecule has 0 fully saturated rings. The van der Waals surface area contributed by atoms with Crippen LogP contribution in [0, 0.1) is 0 Å². The number of carbonyl (C=O) groups excluding carboxylic acids is 3. The number of hydrogen-bond acceptors (Lipinski definition) is 4. The second-order valence-electron chi connectivity index (χ2n) is 3.78. The molecule has 0 bridgehead atoms. The van der Waals surface area contributed by atoms with E-state index < -0.39 is 22.0 Å². The van der Waals surface area contributed by atoms with Crippen LogP contribution < -0.4 is 0 Å². The number of aliphatic hydroxyl groups is 1. The standard InChI is InChI=1S/C10H9ClO3.C3H3Cl3O/c1-6(12)7-4-2-3-5-8(7)9(13)10(11)14;4-1-2(5)3(6)7/h2-5,9,13H,1H3;2H,1H2. The van der Waals surface area contributed by atoms with Gasteiger partial charge in [0.1, 0.15) is 5.38 Å². The summed E-state index contributed by atoms with van der Waals surface area (Å²) in [5, 5.41) is 7.17. The summed E-state index contributed by atoms with van der Waals surface area (Å²) in [5.74, 6) is -0.137.